The summed E-state index contributed by atoms with van der Waals surface area (Å²) < 4.78 is 25.7. The minimum absolute atomic E-state index is 0.213. The molecule has 0 aliphatic rings. The van der Waals surface area contributed by atoms with Gasteiger partial charge in [-0.15, -0.1) is 0 Å². The molecule has 1 amide bonds. The summed E-state index contributed by atoms with van der Waals surface area (Å²) in [5, 5.41) is 2.31. The summed E-state index contributed by atoms with van der Waals surface area (Å²) in [7, 11) is -0.710. The zero-order valence-electron chi connectivity index (χ0n) is 9.70. The van der Waals surface area contributed by atoms with E-state index >= 15 is 0 Å². The second-order valence-electron chi connectivity index (χ2n) is 3.81. The fraction of sp³-hybridized carbons (Fsp3) is 0.875. The molecule has 0 aromatic heterocycles. The summed E-state index contributed by atoms with van der Waals surface area (Å²) in [5.41, 5.74) is -0.589. The highest BCUT2D eigenvalue weighted by atomic mass is 31.2. The van der Waals surface area contributed by atoms with Gasteiger partial charge in [0, 0.05) is 14.2 Å². The van der Waals surface area contributed by atoms with Gasteiger partial charge in [0.25, 0.3) is 0 Å². The molecule has 0 radical (unpaired) electrons. The van der Waals surface area contributed by atoms with Gasteiger partial charge < -0.3 is 19.1 Å². The number of hydrogen-bond acceptors (Lipinski definition) is 5. The number of ether oxygens (including phenoxy) is 1. The van der Waals surface area contributed by atoms with Crippen LogP contribution in [-0.2, 0) is 18.3 Å². The third-order valence-electron chi connectivity index (χ3n) is 1.37. The maximum absolute atomic E-state index is 11.5. The van der Waals surface area contributed by atoms with E-state index in [9.17, 15) is 9.36 Å². The van der Waals surface area contributed by atoms with Crippen molar-refractivity contribution in [2.45, 2.75) is 26.4 Å². The standard InChI is InChI=1S/C8H18NO5P/c1-8(2,3)14-7(10)9-6-15(11,12-4)13-5/h6H2,1-5H3,(H,9,10). The maximum atomic E-state index is 11.5. The highest BCUT2D eigenvalue weighted by Gasteiger charge is 2.23. The van der Waals surface area contributed by atoms with Crippen molar-refractivity contribution in [1.29, 1.82) is 0 Å². The Morgan fingerprint density at radius 1 is 1.27 bits per heavy atom. The van der Waals surface area contributed by atoms with E-state index in [1.165, 1.54) is 14.2 Å². The van der Waals surface area contributed by atoms with Gasteiger partial charge in [0.2, 0.25) is 0 Å². The molecule has 0 spiro atoms. The van der Waals surface area contributed by atoms with E-state index < -0.39 is 19.3 Å². The summed E-state index contributed by atoms with van der Waals surface area (Å²) in [4.78, 5) is 11.2. The molecule has 15 heavy (non-hydrogen) atoms. The average molecular weight is 239 g/mol. The third kappa shape index (κ3) is 6.49. The Bertz CT molecular complexity index is 252. The van der Waals surface area contributed by atoms with Crippen molar-refractivity contribution >= 4 is 13.7 Å². The molecule has 7 heteroatoms. The minimum Gasteiger partial charge on any atom is -0.444 e. The van der Waals surface area contributed by atoms with E-state index in [0.29, 0.717) is 0 Å². The van der Waals surface area contributed by atoms with Gasteiger partial charge in [-0.2, -0.15) is 0 Å². The lowest BCUT2D eigenvalue weighted by molar-refractivity contribution is 0.0532. The zero-order chi connectivity index (χ0) is 12.1. The van der Waals surface area contributed by atoms with Crippen LogP contribution in [0.1, 0.15) is 20.8 Å². The molecular formula is C8H18NO5P. The number of hydrogen-bond donors (Lipinski definition) is 1. The molecular weight excluding hydrogens is 221 g/mol. The first-order chi connectivity index (χ1) is 6.72. The van der Waals surface area contributed by atoms with E-state index in [0.717, 1.165) is 0 Å². The van der Waals surface area contributed by atoms with Crippen LogP contribution in [0.2, 0.25) is 0 Å². The quantitative estimate of drug-likeness (QED) is 0.759. The molecule has 0 unspecified atom stereocenters. The van der Waals surface area contributed by atoms with Gasteiger partial charge in [0.15, 0.2) is 0 Å². The van der Waals surface area contributed by atoms with E-state index in [1.54, 1.807) is 20.8 Å². The molecule has 0 aliphatic carbocycles. The molecule has 0 aromatic carbocycles. The second kappa shape index (κ2) is 5.49. The Balaban J connectivity index is 4.06. The van der Waals surface area contributed by atoms with Crippen molar-refractivity contribution in [1.82, 2.24) is 5.32 Å². The maximum Gasteiger partial charge on any atom is 0.408 e. The average Bonchev–Trinajstić information content (AvgIpc) is 2.12. The van der Waals surface area contributed by atoms with Crippen molar-refractivity contribution in [2.75, 3.05) is 20.5 Å². The molecule has 0 heterocycles. The zero-order valence-corrected chi connectivity index (χ0v) is 10.6. The van der Waals surface area contributed by atoms with Gasteiger partial charge in [-0.1, -0.05) is 0 Å². The predicted molar refractivity (Wildman–Crippen MR) is 55.9 cm³/mol. The summed E-state index contributed by atoms with van der Waals surface area (Å²) in [6, 6.07) is 0. The van der Waals surface area contributed by atoms with E-state index in [4.69, 9.17) is 4.74 Å². The minimum atomic E-state index is -3.21. The van der Waals surface area contributed by atoms with Crippen molar-refractivity contribution in [2.24, 2.45) is 0 Å². The van der Waals surface area contributed by atoms with Crippen molar-refractivity contribution in [3.8, 4) is 0 Å². The Kier molecular flexibility index (Phi) is 5.28. The Hall–Kier alpha value is -0.580. The van der Waals surface area contributed by atoms with Crippen molar-refractivity contribution in [3.05, 3.63) is 0 Å². The van der Waals surface area contributed by atoms with Crippen LogP contribution in [0.3, 0.4) is 0 Å². The highest BCUT2D eigenvalue weighted by molar-refractivity contribution is 7.53. The molecule has 0 aliphatic heterocycles. The van der Waals surface area contributed by atoms with Crippen LogP contribution in [-0.4, -0.2) is 32.2 Å². The van der Waals surface area contributed by atoms with Gasteiger partial charge in [0.1, 0.15) is 11.9 Å². The first kappa shape index (κ1) is 14.4. The lowest BCUT2D eigenvalue weighted by Crippen LogP contribution is -2.33. The first-order valence-electron chi connectivity index (χ1n) is 4.40. The number of nitrogens with one attached hydrogen (secondary N) is 1. The number of carbonyl (C=O) groups is 1. The van der Waals surface area contributed by atoms with Crippen LogP contribution in [0.5, 0.6) is 0 Å². The lowest BCUT2D eigenvalue weighted by atomic mass is 10.2. The fourth-order valence-electron chi connectivity index (χ4n) is 0.679. The SMILES string of the molecule is COP(=O)(CNC(=O)OC(C)(C)C)OC. The van der Waals surface area contributed by atoms with E-state index in [2.05, 4.69) is 14.4 Å². The number of alkyl carbamates (subject to hydrolysis) is 1. The Labute approximate surface area is 89.8 Å². The molecule has 0 aromatic rings. The largest absolute Gasteiger partial charge is 0.444 e. The second-order valence-corrected chi connectivity index (χ2v) is 6.08. The monoisotopic (exact) mass is 239 g/mol. The third-order valence-corrected chi connectivity index (χ3v) is 3.03. The molecule has 90 valence electrons. The van der Waals surface area contributed by atoms with Crippen LogP contribution in [0.25, 0.3) is 0 Å². The molecule has 0 fully saturated rings. The lowest BCUT2D eigenvalue weighted by Gasteiger charge is -2.20. The predicted octanol–water partition coefficient (Wildman–Crippen LogP) is 1.95. The van der Waals surface area contributed by atoms with Gasteiger partial charge in [-0.3, -0.25) is 4.57 Å². The molecule has 0 saturated carbocycles. The molecule has 0 bridgehead atoms. The number of rotatable bonds is 4. The van der Waals surface area contributed by atoms with Crippen LogP contribution in [0.4, 0.5) is 4.79 Å². The Morgan fingerprint density at radius 2 is 1.73 bits per heavy atom. The first-order valence-corrected chi connectivity index (χ1v) is 6.12. The molecule has 0 rings (SSSR count). The van der Waals surface area contributed by atoms with Gasteiger partial charge in [0.05, 0.1) is 0 Å². The van der Waals surface area contributed by atoms with Gasteiger partial charge >= 0.3 is 13.7 Å². The van der Waals surface area contributed by atoms with Crippen LogP contribution in [0, 0.1) is 0 Å². The summed E-state index contributed by atoms with van der Waals surface area (Å²) in [6.07, 6.45) is -0.869. The van der Waals surface area contributed by atoms with Crippen LogP contribution in [0.15, 0.2) is 0 Å². The summed E-state index contributed by atoms with van der Waals surface area (Å²) in [5.74, 6) is 0. The van der Waals surface area contributed by atoms with Crippen molar-refractivity contribution < 1.29 is 23.1 Å². The highest BCUT2D eigenvalue weighted by Crippen LogP contribution is 2.44. The van der Waals surface area contributed by atoms with Crippen LogP contribution >= 0.6 is 7.60 Å². The number of carbonyl (C=O) groups excluding carboxylic acids is 1. The smallest absolute Gasteiger partial charge is 0.408 e. The molecule has 0 atom stereocenters. The van der Waals surface area contributed by atoms with E-state index in [-0.39, 0.29) is 6.29 Å². The molecule has 6 nitrogen and oxygen atoms in total. The summed E-state index contributed by atoms with van der Waals surface area (Å²) >= 11 is 0. The van der Waals surface area contributed by atoms with E-state index in [1.807, 2.05) is 0 Å². The Morgan fingerprint density at radius 3 is 2.07 bits per heavy atom. The van der Waals surface area contributed by atoms with Crippen LogP contribution < -0.4 is 5.32 Å². The topological polar surface area (TPSA) is 73.9 Å². The number of amides is 1. The molecule has 0 saturated heterocycles. The van der Waals surface area contributed by atoms with Crippen molar-refractivity contribution in [3.63, 3.8) is 0 Å². The fourth-order valence-corrected chi connectivity index (χ4v) is 1.41. The van der Waals surface area contributed by atoms with Gasteiger partial charge in [-0.05, 0) is 20.8 Å². The van der Waals surface area contributed by atoms with Gasteiger partial charge in [-0.25, -0.2) is 4.79 Å². The summed E-state index contributed by atoms with van der Waals surface area (Å²) in [6.45, 7) is 5.20. The molecule has 1 N–H and O–H groups in total. The normalized spacial score (nSPS) is 12.3.